The van der Waals surface area contributed by atoms with Crippen LogP contribution in [0.2, 0.25) is 0 Å². The molecule has 4 saturated carbocycles. The van der Waals surface area contributed by atoms with E-state index in [4.69, 9.17) is 9.97 Å². The summed E-state index contributed by atoms with van der Waals surface area (Å²) in [5.41, 5.74) is 1.24. The third-order valence-electron chi connectivity index (χ3n) is 9.27. The standard InChI is InChI=1S/C26H36N4OS/c1-15-16(2)32-24-22(15)23(28-17(3)29-24)30-13-9-20(19-4-5-19)21(30)14-27-25(31)26-10-6-18(7-11-26)8-12-26/h18-21H,4-14H2,1-3H3,(H,27,31). The first-order valence-electron chi connectivity index (χ1n) is 12.7. The zero-order chi connectivity index (χ0) is 22.0. The number of hydrogen-bond acceptors (Lipinski definition) is 5. The largest absolute Gasteiger partial charge is 0.354 e. The van der Waals surface area contributed by atoms with Gasteiger partial charge in [0.25, 0.3) is 0 Å². The minimum atomic E-state index is -0.0763. The summed E-state index contributed by atoms with van der Waals surface area (Å²) in [5, 5.41) is 4.72. The van der Waals surface area contributed by atoms with Crippen molar-refractivity contribution in [1.29, 1.82) is 0 Å². The lowest BCUT2D eigenvalue weighted by molar-refractivity contribution is -0.137. The van der Waals surface area contributed by atoms with E-state index in [1.54, 1.807) is 11.3 Å². The average Bonchev–Trinajstić information content (AvgIpc) is 3.50. The molecule has 5 nitrogen and oxygen atoms in total. The number of rotatable bonds is 5. The second kappa shape index (κ2) is 7.68. The highest BCUT2D eigenvalue weighted by Crippen LogP contribution is 2.51. The van der Waals surface area contributed by atoms with E-state index in [2.05, 4.69) is 24.1 Å². The van der Waals surface area contributed by atoms with Crippen molar-refractivity contribution < 1.29 is 4.79 Å². The number of nitrogens with zero attached hydrogens (tertiary/aromatic N) is 3. The predicted octanol–water partition coefficient (Wildman–Crippen LogP) is 5.31. The van der Waals surface area contributed by atoms with Crippen LogP contribution in [0.25, 0.3) is 10.2 Å². The summed E-state index contributed by atoms with van der Waals surface area (Å²) in [4.78, 5) is 28.1. The predicted molar refractivity (Wildman–Crippen MR) is 130 cm³/mol. The molecule has 1 aliphatic heterocycles. The van der Waals surface area contributed by atoms with E-state index in [9.17, 15) is 4.79 Å². The van der Waals surface area contributed by atoms with Crippen LogP contribution in [0, 0.1) is 43.9 Å². The van der Waals surface area contributed by atoms with E-state index < -0.39 is 0 Å². The Morgan fingerprint density at radius 2 is 1.78 bits per heavy atom. The maximum atomic E-state index is 13.4. The number of carbonyl (C=O) groups is 1. The Kier molecular flexibility index (Phi) is 5.01. The molecule has 5 fully saturated rings. The molecule has 2 aromatic rings. The van der Waals surface area contributed by atoms with Gasteiger partial charge in [-0.15, -0.1) is 11.3 Å². The summed E-state index contributed by atoms with van der Waals surface area (Å²) in [6, 6.07) is 0.347. The van der Waals surface area contributed by atoms with Crippen molar-refractivity contribution in [1.82, 2.24) is 15.3 Å². The van der Waals surface area contributed by atoms with Crippen LogP contribution in [0.3, 0.4) is 0 Å². The Labute approximate surface area is 195 Å². The number of hydrogen-bond donors (Lipinski definition) is 1. The lowest BCUT2D eigenvalue weighted by atomic mass is 9.60. The molecule has 7 rings (SSSR count). The Balaban J connectivity index is 1.29. The fourth-order valence-electron chi connectivity index (χ4n) is 6.99. The molecule has 4 aliphatic carbocycles. The lowest BCUT2D eigenvalue weighted by Gasteiger charge is -2.45. The first-order valence-corrected chi connectivity index (χ1v) is 13.6. The molecule has 0 spiro atoms. The van der Waals surface area contributed by atoms with Crippen LogP contribution >= 0.6 is 11.3 Å². The van der Waals surface area contributed by atoms with Crippen LogP contribution in [0.15, 0.2) is 0 Å². The van der Waals surface area contributed by atoms with Gasteiger partial charge in [0.2, 0.25) is 5.91 Å². The van der Waals surface area contributed by atoms with Crippen LogP contribution in [-0.2, 0) is 4.79 Å². The van der Waals surface area contributed by atoms with Crippen molar-refractivity contribution in [2.45, 2.75) is 84.6 Å². The Bertz CT molecular complexity index is 1040. The van der Waals surface area contributed by atoms with Crippen LogP contribution in [0.1, 0.15) is 74.1 Å². The van der Waals surface area contributed by atoms with E-state index in [1.807, 2.05) is 6.92 Å². The Morgan fingerprint density at radius 1 is 1.06 bits per heavy atom. The molecule has 32 heavy (non-hydrogen) atoms. The van der Waals surface area contributed by atoms with Crippen molar-refractivity contribution in [3.05, 3.63) is 16.3 Å². The number of fused-ring (bicyclic) bond motifs is 4. The lowest BCUT2D eigenvalue weighted by Crippen LogP contribution is -2.51. The van der Waals surface area contributed by atoms with Crippen LogP contribution in [-0.4, -0.2) is 35.0 Å². The molecular formula is C26H36N4OS. The fourth-order valence-corrected chi connectivity index (χ4v) is 8.06. The van der Waals surface area contributed by atoms with Gasteiger partial charge in [0, 0.05) is 23.4 Å². The van der Waals surface area contributed by atoms with Gasteiger partial charge in [-0.05, 0) is 102 Å². The first-order chi connectivity index (χ1) is 15.4. The number of nitrogens with one attached hydrogen (secondary N) is 1. The SMILES string of the molecule is Cc1nc(N2CCC(C3CC3)C2CNC(=O)C23CCC(CC2)CC3)c2c(C)c(C)sc2n1. The van der Waals surface area contributed by atoms with Gasteiger partial charge in [0.15, 0.2) is 0 Å². The molecule has 1 amide bonds. The van der Waals surface area contributed by atoms with Crippen LogP contribution in [0.4, 0.5) is 5.82 Å². The minimum Gasteiger partial charge on any atom is -0.354 e. The smallest absolute Gasteiger partial charge is 0.226 e. The molecular weight excluding hydrogens is 416 g/mol. The molecule has 2 aromatic heterocycles. The van der Waals surface area contributed by atoms with Gasteiger partial charge in [0.1, 0.15) is 16.5 Å². The summed E-state index contributed by atoms with van der Waals surface area (Å²) in [7, 11) is 0. The molecule has 2 atom stereocenters. The summed E-state index contributed by atoms with van der Waals surface area (Å²) in [6.45, 7) is 8.21. The van der Waals surface area contributed by atoms with Gasteiger partial charge in [-0.3, -0.25) is 4.79 Å². The van der Waals surface area contributed by atoms with E-state index in [1.165, 1.54) is 54.4 Å². The van der Waals surface area contributed by atoms with Gasteiger partial charge in [-0.25, -0.2) is 9.97 Å². The van der Waals surface area contributed by atoms with Gasteiger partial charge in [-0.2, -0.15) is 0 Å². The van der Waals surface area contributed by atoms with Crippen molar-refractivity contribution in [2.24, 2.45) is 23.2 Å². The van der Waals surface area contributed by atoms with Crippen molar-refractivity contribution in [2.75, 3.05) is 18.0 Å². The van der Waals surface area contributed by atoms with E-state index in [0.717, 1.165) is 60.7 Å². The highest BCUT2D eigenvalue weighted by Gasteiger charge is 2.48. The molecule has 0 radical (unpaired) electrons. The number of thiophene rings is 1. The van der Waals surface area contributed by atoms with Gasteiger partial charge >= 0.3 is 0 Å². The number of carbonyl (C=O) groups excluding carboxylic acids is 1. The maximum absolute atomic E-state index is 13.4. The maximum Gasteiger partial charge on any atom is 0.226 e. The van der Waals surface area contributed by atoms with Gasteiger partial charge < -0.3 is 10.2 Å². The number of anilines is 1. The summed E-state index contributed by atoms with van der Waals surface area (Å²) in [6.07, 6.45) is 11.0. The van der Waals surface area contributed by atoms with E-state index in [-0.39, 0.29) is 5.41 Å². The topological polar surface area (TPSA) is 58.1 Å². The summed E-state index contributed by atoms with van der Waals surface area (Å²) < 4.78 is 0. The molecule has 172 valence electrons. The molecule has 0 aromatic carbocycles. The third kappa shape index (κ3) is 3.36. The third-order valence-corrected chi connectivity index (χ3v) is 10.4. The van der Waals surface area contributed by atoms with E-state index >= 15 is 0 Å². The number of aryl methyl sites for hydroxylation is 3. The molecule has 6 heteroatoms. The first kappa shape index (κ1) is 20.9. The van der Waals surface area contributed by atoms with Crippen molar-refractivity contribution in [3.8, 4) is 0 Å². The normalized spacial score (nSPS) is 32.1. The summed E-state index contributed by atoms with van der Waals surface area (Å²) in [5.74, 6) is 4.67. The Hall–Kier alpha value is -1.69. The van der Waals surface area contributed by atoms with Gasteiger partial charge in [0.05, 0.1) is 11.4 Å². The number of amides is 1. The van der Waals surface area contributed by atoms with Crippen LogP contribution < -0.4 is 10.2 Å². The molecule has 1 saturated heterocycles. The van der Waals surface area contributed by atoms with Crippen molar-refractivity contribution in [3.63, 3.8) is 0 Å². The zero-order valence-corrected chi connectivity index (χ0v) is 20.6. The van der Waals surface area contributed by atoms with Gasteiger partial charge in [-0.1, -0.05) is 0 Å². The molecule has 2 bridgehead atoms. The monoisotopic (exact) mass is 452 g/mol. The second-order valence-corrected chi connectivity index (χ2v) is 12.3. The highest BCUT2D eigenvalue weighted by atomic mass is 32.1. The second-order valence-electron chi connectivity index (χ2n) is 11.1. The molecule has 2 unspecified atom stereocenters. The number of aromatic nitrogens is 2. The Morgan fingerprint density at radius 3 is 2.47 bits per heavy atom. The van der Waals surface area contributed by atoms with E-state index in [0.29, 0.717) is 17.9 Å². The zero-order valence-electron chi connectivity index (χ0n) is 19.7. The average molecular weight is 453 g/mol. The summed E-state index contributed by atoms with van der Waals surface area (Å²) >= 11 is 1.78. The molecule has 3 heterocycles. The fraction of sp³-hybridized carbons (Fsp3) is 0.731. The quantitative estimate of drug-likeness (QED) is 0.668. The van der Waals surface area contributed by atoms with Crippen molar-refractivity contribution >= 4 is 33.3 Å². The molecule has 1 N–H and O–H groups in total. The van der Waals surface area contributed by atoms with Crippen LogP contribution in [0.5, 0.6) is 0 Å². The minimum absolute atomic E-state index is 0.0763. The molecule has 5 aliphatic rings. The highest BCUT2D eigenvalue weighted by molar-refractivity contribution is 7.18.